The van der Waals surface area contributed by atoms with Gasteiger partial charge in [0.05, 0.1) is 0 Å². The Morgan fingerprint density at radius 2 is 1.87 bits per heavy atom. The first-order valence-corrected chi connectivity index (χ1v) is 5.52. The molecule has 0 spiro atoms. The molecule has 15 heavy (non-hydrogen) atoms. The van der Waals surface area contributed by atoms with Gasteiger partial charge in [-0.15, -0.1) is 0 Å². The smallest absolute Gasteiger partial charge is 0.113 e. The zero-order chi connectivity index (χ0) is 10.5. The molecule has 1 aliphatic rings. The fourth-order valence-corrected chi connectivity index (χ4v) is 1.81. The van der Waals surface area contributed by atoms with Crippen molar-refractivity contribution in [2.75, 3.05) is 25.1 Å². The minimum absolute atomic E-state index is 0.747. The maximum Gasteiger partial charge on any atom is 0.113 e. The minimum atomic E-state index is 0.747. The lowest BCUT2D eigenvalue weighted by molar-refractivity contribution is 0.0699. The number of anilines is 1. The van der Waals surface area contributed by atoms with Crippen molar-refractivity contribution in [3.63, 3.8) is 0 Å². The lowest BCUT2D eigenvalue weighted by Crippen LogP contribution is -2.22. The molecule has 1 heterocycles. The van der Waals surface area contributed by atoms with Crippen LogP contribution in [0.2, 0.25) is 0 Å². The highest BCUT2D eigenvalue weighted by atomic mass is 16.5. The van der Waals surface area contributed by atoms with Crippen molar-refractivity contribution in [3.8, 4) is 0 Å². The Balaban J connectivity index is 1.79. The number of hydrogen-bond acceptors (Lipinski definition) is 2. The molecule has 2 radical (unpaired) electrons. The molecule has 0 saturated carbocycles. The van der Waals surface area contributed by atoms with E-state index in [0.29, 0.717) is 0 Å². The first-order chi connectivity index (χ1) is 7.34. The van der Waals surface area contributed by atoms with Crippen LogP contribution >= 0.6 is 0 Å². The fraction of sp³-hybridized carbons (Fsp3) is 0.500. The first kappa shape index (κ1) is 10.6. The van der Waals surface area contributed by atoms with E-state index in [1.54, 1.807) is 0 Å². The Morgan fingerprint density at radius 3 is 2.53 bits per heavy atom. The number of rotatable bonds is 3. The van der Waals surface area contributed by atoms with E-state index in [4.69, 9.17) is 12.6 Å². The molecule has 0 unspecified atom stereocenters. The molecule has 0 aliphatic carbocycles. The monoisotopic (exact) mass is 201 g/mol. The Hall–Kier alpha value is -0.955. The summed E-state index contributed by atoms with van der Waals surface area (Å²) in [5.74, 6) is 0.747. The molecule has 0 bridgehead atoms. The van der Waals surface area contributed by atoms with E-state index in [1.165, 1.54) is 12.8 Å². The Morgan fingerprint density at radius 1 is 1.20 bits per heavy atom. The molecule has 2 nitrogen and oxygen atoms in total. The largest absolute Gasteiger partial charge is 0.385 e. The van der Waals surface area contributed by atoms with E-state index in [2.05, 4.69) is 5.32 Å². The molecule has 1 fully saturated rings. The van der Waals surface area contributed by atoms with Gasteiger partial charge in [-0.3, -0.25) is 0 Å². The highest BCUT2D eigenvalue weighted by Crippen LogP contribution is 2.15. The molecule has 1 aliphatic heterocycles. The SMILES string of the molecule is [B]c1ccc(NCC2CCOCC2)cc1. The summed E-state index contributed by atoms with van der Waals surface area (Å²) in [5.41, 5.74) is 1.96. The third-order valence-electron chi connectivity index (χ3n) is 2.85. The fourth-order valence-electron chi connectivity index (χ4n) is 1.81. The lowest BCUT2D eigenvalue weighted by Gasteiger charge is -2.22. The van der Waals surface area contributed by atoms with Gasteiger partial charge in [0.2, 0.25) is 0 Å². The van der Waals surface area contributed by atoms with Crippen LogP contribution in [0.3, 0.4) is 0 Å². The van der Waals surface area contributed by atoms with Crippen LogP contribution in [0.15, 0.2) is 24.3 Å². The van der Waals surface area contributed by atoms with Gasteiger partial charge < -0.3 is 10.1 Å². The van der Waals surface area contributed by atoms with E-state index in [0.717, 1.165) is 36.8 Å². The molecule has 3 heteroatoms. The van der Waals surface area contributed by atoms with Crippen LogP contribution in [0.25, 0.3) is 0 Å². The van der Waals surface area contributed by atoms with Gasteiger partial charge in [0.1, 0.15) is 7.85 Å². The summed E-state index contributed by atoms with van der Waals surface area (Å²) < 4.78 is 5.32. The Bertz CT molecular complexity index is 293. The van der Waals surface area contributed by atoms with E-state index in [-0.39, 0.29) is 0 Å². The second-order valence-corrected chi connectivity index (χ2v) is 4.06. The van der Waals surface area contributed by atoms with Crippen LogP contribution in [0.5, 0.6) is 0 Å². The topological polar surface area (TPSA) is 21.3 Å². The average molecular weight is 201 g/mol. The van der Waals surface area contributed by atoms with E-state index in [1.807, 2.05) is 24.3 Å². The molecular weight excluding hydrogens is 185 g/mol. The average Bonchev–Trinajstić information content (AvgIpc) is 2.30. The summed E-state index contributed by atoms with van der Waals surface area (Å²) in [4.78, 5) is 0. The summed E-state index contributed by atoms with van der Waals surface area (Å²) >= 11 is 0. The zero-order valence-corrected chi connectivity index (χ0v) is 8.91. The molecule has 1 saturated heterocycles. The van der Waals surface area contributed by atoms with E-state index < -0.39 is 0 Å². The molecule has 1 aromatic carbocycles. The maximum absolute atomic E-state index is 5.62. The van der Waals surface area contributed by atoms with Crippen LogP contribution in [0.4, 0.5) is 5.69 Å². The summed E-state index contributed by atoms with van der Waals surface area (Å²) in [6.07, 6.45) is 2.34. The van der Waals surface area contributed by atoms with Crippen molar-refractivity contribution in [2.45, 2.75) is 12.8 Å². The van der Waals surface area contributed by atoms with Gasteiger partial charge in [-0.1, -0.05) is 17.6 Å². The summed E-state index contributed by atoms with van der Waals surface area (Å²) in [7, 11) is 5.62. The number of nitrogens with one attached hydrogen (secondary N) is 1. The molecule has 0 amide bonds. The van der Waals surface area contributed by atoms with E-state index in [9.17, 15) is 0 Å². The van der Waals surface area contributed by atoms with Crippen LogP contribution in [-0.2, 0) is 4.74 Å². The van der Waals surface area contributed by atoms with Crippen LogP contribution < -0.4 is 10.8 Å². The number of benzene rings is 1. The van der Waals surface area contributed by atoms with Crippen molar-refractivity contribution in [1.29, 1.82) is 0 Å². The lowest BCUT2D eigenvalue weighted by atomic mass is 9.96. The van der Waals surface area contributed by atoms with Gasteiger partial charge >= 0.3 is 0 Å². The molecule has 2 rings (SSSR count). The normalized spacial score (nSPS) is 17.6. The zero-order valence-electron chi connectivity index (χ0n) is 8.91. The predicted molar refractivity (Wildman–Crippen MR) is 63.9 cm³/mol. The molecule has 0 aromatic heterocycles. The molecule has 0 atom stereocenters. The molecule has 1 N–H and O–H groups in total. The summed E-state index contributed by atoms with van der Waals surface area (Å²) in [5, 5.41) is 3.43. The standard InChI is InChI=1S/C12H16BNO/c13-11-1-3-12(4-2-11)14-9-10-5-7-15-8-6-10/h1-4,10,14H,5-9H2. The molecule has 1 aromatic rings. The quantitative estimate of drug-likeness (QED) is 0.744. The van der Waals surface area contributed by atoms with Crippen LogP contribution in [0, 0.1) is 5.92 Å². The van der Waals surface area contributed by atoms with Crippen molar-refractivity contribution < 1.29 is 4.74 Å². The van der Waals surface area contributed by atoms with Gasteiger partial charge in [0.15, 0.2) is 0 Å². The van der Waals surface area contributed by atoms with Gasteiger partial charge in [-0.25, -0.2) is 0 Å². The Kier molecular flexibility index (Phi) is 3.67. The highest BCUT2D eigenvalue weighted by molar-refractivity contribution is 6.32. The van der Waals surface area contributed by atoms with Gasteiger partial charge in [0, 0.05) is 25.4 Å². The molecule has 78 valence electrons. The van der Waals surface area contributed by atoms with Crippen molar-refractivity contribution >= 4 is 19.0 Å². The second-order valence-electron chi connectivity index (χ2n) is 4.06. The number of ether oxygens (including phenoxy) is 1. The van der Waals surface area contributed by atoms with E-state index >= 15 is 0 Å². The minimum Gasteiger partial charge on any atom is -0.385 e. The summed E-state index contributed by atoms with van der Waals surface area (Å²) in [6.45, 7) is 2.86. The van der Waals surface area contributed by atoms with Gasteiger partial charge in [-0.05, 0) is 30.9 Å². The van der Waals surface area contributed by atoms with Gasteiger partial charge in [0.25, 0.3) is 0 Å². The summed E-state index contributed by atoms with van der Waals surface area (Å²) in [6, 6.07) is 7.89. The maximum atomic E-state index is 5.62. The molecular formula is C12H16BNO. The van der Waals surface area contributed by atoms with Crippen molar-refractivity contribution in [3.05, 3.63) is 24.3 Å². The van der Waals surface area contributed by atoms with Crippen molar-refractivity contribution in [2.24, 2.45) is 5.92 Å². The second kappa shape index (κ2) is 5.22. The highest BCUT2D eigenvalue weighted by Gasteiger charge is 2.12. The van der Waals surface area contributed by atoms with Crippen LogP contribution in [-0.4, -0.2) is 27.6 Å². The number of hydrogen-bond donors (Lipinski definition) is 1. The Labute approximate surface area is 92.4 Å². The third-order valence-corrected chi connectivity index (χ3v) is 2.85. The predicted octanol–water partition coefficient (Wildman–Crippen LogP) is 1.32. The van der Waals surface area contributed by atoms with Gasteiger partial charge in [-0.2, -0.15) is 0 Å². The first-order valence-electron chi connectivity index (χ1n) is 5.52. The van der Waals surface area contributed by atoms with Crippen molar-refractivity contribution in [1.82, 2.24) is 0 Å². The van der Waals surface area contributed by atoms with Crippen LogP contribution in [0.1, 0.15) is 12.8 Å². The third kappa shape index (κ3) is 3.27.